The smallest absolute Gasteiger partial charge is 0.186 e. The first-order valence-corrected chi connectivity index (χ1v) is 6.89. The molecule has 0 aliphatic rings. The number of carbonyl (C=O) groups is 1. The third-order valence-electron chi connectivity index (χ3n) is 2.17. The van der Waals surface area contributed by atoms with E-state index in [1.165, 1.54) is 27.4 Å². The van der Waals surface area contributed by atoms with Crippen LogP contribution in [0.15, 0.2) is 35.7 Å². The Kier molecular flexibility index (Phi) is 3.80. The van der Waals surface area contributed by atoms with Crippen molar-refractivity contribution in [3.05, 3.63) is 41.3 Å². The molecule has 3 heteroatoms. The summed E-state index contributed by atoms with van der Waals surface area (Å²) in [5, 5.41) is 3.55. The van der Waals surface area contributed by atoms with E-state index < -0.39 is 0 Å². The molecule has 0 atom stereocenters. The topological polar surface area (TPSA) is 17.1 Å². The minimum Gasteiger partial charge on any atom is -0.288 e. The summed E-state index contributed by atoms with van der Waals surface area (Å²) in [6.45, 7) is 1.59. The molecule has 0 spiro atoms. The van der Waals surface area contributed by atoms with E-state index in [9.17, 15) is 4.79 Å². The molecule has 1 heterocycles. The van der Waals surface area contributed by atoms with Gasteiger partial charge in [-0.25, -0.2) is 0 Å². The lowest BCUT2D eigenvalue weighted by Gasteiger charge is -1.94. The number of thiophene rings is 1. The van der Waals surface area contributed by atoms with E-state index in [1.807, 2.05) is 6.08 Å². The van der Waals surface area contributed by atoms with Crippen LogP contribution in [0.1, 0.15) is 12.5 Å². The summed E-state index contributed by atoms with van der Waals surface area (Å²) < 4.78 is 1.32. The van der Waals surface area contributed by atoms with E-state index in [0.717, 1.165) is 5.75 Å². The van der Waals surface area contributed by atoms with Gasteiger partial charge in [-0.15, -0.1) is 11.3 Å². The fraction of sp³-hybridized carbons (Fsp3) is 0.154. The zero-order valence-corrected chi connectivity index (χ0v) is 10.6. The molecule has 0 N–H and O–H groups in total. The van der Waals surface area contributed by atoms with Crippen molar-refractivity contribution in [2.75, 3.05) is 5.75 Å². The van der Waals surface area contributed by atoms with E-state index in [2.05, 4.69) is 35.7 Å². The van der Waals surface area contributed by atoms with Crippen LogP contribution >= 0.6 is 23.1 Å². The van der Waals surface area contributed by atoms with E-state index in [1.54, 1.807) is 18.3 Å². The molecule has 2 aromatic rings. The Hall–Kier alpha value is -1.06. The molecule has 16 heavy (non-hydrogen) atoms. The van der Waals surface area contributed by atoms with Crippen molar-refractivity contribution >= 4 is 44.4 Å². The van der Waals surface area contributed by atoms with Gasteiger partial charge in [-0.3, -0.25) is 4.79 Å². The molecule has 82 valence electrons. The lowest BCUT2D eigenvalue weighted by atomic mass is 10.1. The second kappa shape index (κ2) is 5.32. The summed E-state index contributed by atoms with van der Waals surface area (Å²) in [5.41, 5.74) is 1.19. The van der Waals surface area contributed by atoms with Crippen LogP contribution in [-0.4, -0.2) is 10.9 Å². The van der Waals surface area contributed by atoms with E-state index in [4.69, 9.17) is 0 Å². The van der Waals surface area contributed by atoms with Crippen LogP contribution in [0.5, 0.6) is 0 Å². The number of thioether (sulfide) groups is 1. The lowest BCUT2D eigenvalue weighted by molar-refractivity contribution is -0.109. The van der Waals surface area contributed by atoms with Gasteiger partial charge in [0.15, 0.2) is 5.12 Å². The molecule has 0 aliphatic carbocycles. The largest absolute Gasteiger partial charge is 0.288 e. The normalized spacial score (nSPS) is 11.3. The van der Waals surface area contributed by atoms with Gasteiger partial charge >= 0.3 is 0 Å². The Morgan fingerprint density at radius 3 is 3.12 bits per heavy atom. The molecule has 0 fully saturated rings. The number of benzene rings is 1. The van der Waals surface area contributed by atoms with Gasteiger partial charge in [0.1, 0.15) is 0 Å². The van der Waals surface area contributed by atoms with Crippen LogP contribution in [0, 0.1) is 0 Å². The summed E-state index contributed by atoms with van der Waals surface area (Å²) in [4.78, 5) is 10.7. The Morgan fingerprint density at radius 2 is 2.31 bits per heavy atom. The molecule has 0 radical (unpaired) electrons. The Labute approximate surface area is 103 Å². The van der Waals surface area contributed by atoms with Gasteiger partial charge in [0.2, 0.25) is 0 Å². The highest BCUT2D eigenvalue weighted by molar-refractivity contribution is 8.13. The number of hydrogen-bond acceptors (Lipinski definition) is 3. The molecular formula is C13H12OS2. The van der Waals surface area contributed by atoms with Crippen LogP contribution in [0.2, 0.25) is 0 Å². The van der Waals surface area contributed by atoms with Crippen molar-refractivity contribution in [2.24, 2.45) is 0 Å². The summed E-state index contributed by atoms with van der Waals surface area (Å²) in [5.74, 6) is 0.747. The van der Waals surface area contributed by atoms with E-state index in [0.29, 0.717) is 0 Å². The van der Waals surface area contributed by atoms with Gasteiger partial charge in [-0.1, -0.05) is 30.0 Å². The molecular weight excluding hydrogens is 236 g/mol. The third kappa shape index (κ3) is 2.97. The molecule has 0 aliphatic heterocycles. The maximum atomic E-state index is 10.7. The minimum absolute atomic E-state index is 0.165. The summed E-state index contributed by atoms with van der Waals surface area (Å²) in [7, 11) is 0. The lowest BCUT2D eigenvalue weighted by Crippen LogP contribution is -1.81. The van der Waals surface area contributed by atoms with Gasteiger partial charge < -0.3 is 0 Å². The van der Waals surface area contributed by atoms with E-state index >= 15 is 0 Å². The fourth-order valence-corrected chi connectivity index (χ4v) is 2.64. The first-order chi connectivity index (χ1) is 7.75. The molecule has 1 nitrogen and oxygen atoms in total. The van der Waals surface area contributed by atoms with Gasteiger partial charge in [0, 0.05) is 17.4 Å². The SMILES string of the molecule is CC(=O)SCC=Cc1ccc2sccc2c1. The summed E-state index contributed by atoms with van der Waals surface area (Å²) in [6.07, 6.45) is 4.09. The maximum absolute atomic E-state index is 10.7. The third-order valence-corrected chi connectivity index (χ3v) is 3.83. The minimum atomic E-state index is 0.165. The number of rotatable bonds is 3. The Morgan fingerprint density at radius 1 is 1.44 bits per heavy atom. The van der Waals surface area contributed by atoms with Crippen LogP contribution in [0.25, 0.3) is 16.2 Å². The zero-order chi connectivity index (χ0) is 11.4. The molecule has 0 bridgehead atoms. The first-order valence-electron chi connectivity index (χ1n) is 5.03. The second-order valence-electron chi connectivity index (χ2n) is 3.42. The first kappa shape index (κ1) is 11.4. The molecule has 1 aromatic carbocycles. The van der Waals surface area contributed by atoms with Crippen molar-refractivity contribution < 1.29 is 4.79 Å². The molecule has 0 amide bonds. The average Bonchev–Trinajstić information content (AvgIpc) is 2.71. The second-order valence-corrected chi connectivity index (χ2v) is 5.57. The highest BCUT2D eigenvalue weighted by Gasteiger charge is 1.95. The van der Waals surface area contributed by atoms with Crippen molar-refractivity contribution in [1.29, 1.82) is 0 Å². The molecule has 1 aromatic heterocycles. The van der Waals surface area contributed by atoms with Crippen LogP contribution in [0.3, 0.4) is 0 Å². The Balaban J connectivity index is 2.06. The number of hydrogen-bond donors (Lipinski definition) is 0. The van der Waals surface area contributed by atoms with Gasteiger partial charge in [0.05, 0.1) is 0 Å². The summed E-state index contributed by atoms with van der Waals surface area (Å²) in [6, 6.07) is 8.54. The maximum Gasteiger partial charge on any atom is 0.186 e. The zero-order valence-electron chi connectivity index (χ0n) is 8.97. The monoisotopic (exact) mass is 248 g/mol. The summed E-state index contributed by atoms with van der Waals surface area (Å²) >= 11 is 3.09. The van der Waals surface area contributed by atoms with Crippen molar-refractivity contribution in [1.82, 2.24) is 0 Å². The standard InChI is InChI=1S/C13H12OS2/c1-10(14)15-7-2-3-11-4-5-13-12(9-11)6-8-16-13/h2-6,8-9H,7H2,1H3. The quantitative estimate of drug-likeness (QED) is 0.810. The average molecular weight is 248 g/mol. The van der Waals surface area contributed by atoms with Crippen LogP contribution < -0.4 is 0 Å². The molecule has 0 saturated carbocycles. The van der Waals surface area contributed by atoms with Gasteiger partial charge in [0.25, 0.3) is 0 Å². The van der Waals surface area contributed by atoms with Crippen molar-refractivity contribution in [3.63, 3.8) is 0 Å². The fourth-order valence-electron chi connectivity index (χ4n) is 1.44. The predicted molar refractivity (Wildman–Crippen MR) is 74.0 cm³/mol. The molecule has 0 saturated heterocycles. The number of carbonyl (C=O) groups excluding carboxylic acids is 1. The Bertz CT molecular complexity index is 525. The van der Waals surface area contributed by atoms with Crippen LogP contribution in [0.4, 0.5) is 0 Å². The van der Waals surface area contributed by atoms with Gasteiger partial charge in [-0.2, -0.15) is 0 Å². The highest BCUT2D eigenvalue weighted by atomic mass is 32.2. The van der Waals surface area contributed by atoms with E-state index in [-0.39, 0.29) is 5.12 Å². The highest BCUT2D eigenvalue weighted by Crippen LogP contribution is 2.22. The van der Waals surface area contributed by atoms with Crippen LogP contribution in [-0.2, 0) is 4.79 Å². The predicted octanol–water partition coefficient (Wildman–Crippen LogP) is 4.19. The van der Waals surface area contributed by atoms with Crippen molar-refractivity contribution in [3.8, 4) is 0 Å². The van der Waals surface area contributed by atoms with Gasteiger partial charge in [-0.05, 0) is 34.5 Å². The molecule has 0 unspecified atom stereocenters. The molecule has 2 rings (SSSR count). The number of fused-ring (bicyclic) bond motifs is 1. The van der Waals surface area contributed by atoms with Crippen molar-refractivity contribution in [2.45, 2.75) is 6.92 Å².